The Morgan fingerprint density at radius 1 is 1.22 bits per heavy atom. The molecule has 27 heavy (non-hydrogen) atoms. The Morgan fingerprint density at radius 2 is 1.96 bits per heavy atom. The molecule has 0 bridgehead atoms. The standard InChI is InChI=1S/C19H22F3N5/c1-11(2)26-7-6-13-17(10-26)27(24-18(13)19(20,21)22)12-4-5-16-14(8-12)15(23)9-25(16)3/h4-5,8-9,11H,6-7,10,23H2,1-3H3. The minimum atomic E-state index is -4.47. The van der Waals surface area contributed by atoms with Gasteiger partial charge >= 0.3 is 6.18 Å². The molecule has 0 spiro atoms. The average molecular weight is 377 g/mol. The molecular formula is C19H22F3N5. The van der Waals surface area contributed by atoms with Crippen molar-refractivity contribution in [3.8, 4) is 5.69 Å². The van der Waals surface area contributed by atoms with Gasteiger partial charge in [0.25, 0.3) is 0 Å². The molecule has 8 heteroatoms. The van der Waals surface area contributed by atoms with Gasteiger partial charge in [-0.15, -0.1) is 0 Å². The lowest BCUT2D eigenvalue weighted by molar-refractivity contribution is -0.142. The second kappa shape index (κ2) is 6.02. The van der Waals surface area contributed by atoms with E-state index in [0.29, 0.717) is 42.1 Å². The van der Waals surface area contributed by atoms with Crippen LogP contribution in [0.2, 0.25) is 0 Å². The van der Waals surface area contributed by atoms with Crippen LogP contribution in [-0.2, 0) is 26.2 Å². The first-order valence-electron chi connectivity index (χ1n) is 8.93. The van der Waals surface area contributed by atoms with E-state index >= 15 is 0 Å². The lowest BCUT2D eigenvalue weighted by atomic mass is 10.0. The lowest BCUT2D eigenvalue weighted by Crippen LogP contribution is -2.36. The number of rotatable bonds is 2. The molecule has 0 saturated carbocycles. The molecule has 3 aromatic rings. The summed E-state index contributed by atoms with van der Waals surface area (Å²) in [6.07, 6.45) is -2.32. The van der Waals surface area contributed by atoms with E-state index in [1.165, 1.54) is 4.68 Å². The first-order chi connectivity index (χ1) is 12.7. The molecule has 1 aliphatic rings. The van der Waals surface area contributed by atoms with Crippen molar-refractivity contribution in [1.29, 1.82) is 0 Å². The fourth-order valence-corrected chi connectivity index (χ4v) is 3.86. The molecule has 0 saturated heterocycles. The zero-order chi connectivity index (χ0) is 19.5. The van der Waals surface area contributed by atoms with E-state index in [2.05, 4.69) is 10.00 Å². The van der Waals surface area contributed by atoms with E-state index in [-0.39, 0.29) is 6.04 Å². The number of benzene rings is 1. The van der Waals surface area contributed by atoms with Gasteiger partial charge < -0.3 is 10.3 Å². The fraction of sp³-hybridized carbons (Fsp3) is 0.421. The topological polar surface area (TPSA) is 52.0 Å². The van der Waals surface area contributed by atoms with Crippen LogP contribution in [0.25, 0.3) is 16.6 Å². The highest BCUT2D eigenvalue weighted by atomic mass is 19.4. The van der Waals surface area contributed by atoms with Crippen molar-refractivity contribution in [2.75, 3.05) is 12.3 Å². The second-order valence-electron chi connectivity index (χ2n) is 7.39. The Labute approximate surface area is 155 Å². The third-order valence-corrected chi connectivity index (χ3v) is 5.34. The molecule has 0 atom stereocenters. The number of halogens is 3. The third kappa shape index (κ3) is 2.88. The van der Waals surface area contributed by atoms with Crippen molar-refractivity contribution < 1.29 is 13.2 Å². The Morgan fingerprint density at radius 3 is 2.63 bits per heavy atom. The summed E-state index contributed by atoms with van der Waals surface area (Å²) in [4.78, 5) is 2.16. The van der Waals surface area contributed by atoms with Gasteiger partial charge in [0.15, 0.2) is 5.69 Å². The van der Waals surface area contributed by atoms with Gasteiger partial charge in [-0.05, 0) is 38.5 Å². The van der Waals surface area contributed by atoms with Crippen LogP contribution < -0.4 is 5.73 Å². The number of nitrogens with two attached hydrogens (primary N) is 1. The molecule has 144 valence electrons. The van der Waals surface area contributed by atoms with Gasteiger partial charge in [-0.2, -0.15) is 18.3 Å². The molecule has 5 nitrogen and oxygen atoms in total. The normalized spacial score (nSPS) is 15.7. The maximum absolute atomic E-state index is 13.6. The van der Waals surface area contributed by atoms with Crippen molar-refractivity contribution in [3.63, 3.8) is 0 Å². The van der Waals surface area contributed by atoms with Crippen LogP contribution >= 0.6 is 0 Å². The summed E-state index contributed by atoms with van der Waals surface area (Å²) in [6.45, 7) is 5.14. The van der Waals surface area contributed by atoms with Crippen molar-refractivity contribution in [1.82, 2.24) is 19.2 Å². The SMILES string of the molecule is CC(C)N1CCc2c(C(F)(F)F)nn(-c3ccc4c(c3)c(N)cn4C)c2C1. The largest absolute Gasteiger partial charge is 0.435 e. The molecule has 0 unspecified atom stereocenters. The molecular weight excluding hydrogens is 355 g/mol. The number of alkyl halides is 3. The maximum atomic E-state index is 13.6. The van der Waals surface area contributed by atoms with Crippen LogP contribution in [0, 0.1) is 0 Å². The highest BCUT2D eigenvalue weighted by Gasteiger charge is 2.40. The molecule has 2 N–H and O–H groups in total. The monoisotopic (exact) mass is 377 g/mol. The molecule has 1 aliphatic heterocycles. The Kier molecular flexibility index (Phi) is 3.99. The molecule has 0 radical (unpaired) electrons. The van der Waals surface area contributed by atoms with E-state index in [1.807, 2.05) is 37.6 Å². The van der Waals surface area contributed by atoms with Gasteiger partial charge in [0, 0.05) is 43.3 Å². The lowest BCUT2D eigenvalue weighted by Gasteiger charge is -2.31. The van der Waals surface area contributed by atoms with E-state index in [1.54, 1.807) is 12.3 Å². The highest BCUT2D eigenvalue weighted by molar-refractivity contribution is 5.93. The fourth-order valence-electron chi connectivity index (χ4n) is 3.86. The number of hydrogen-bond acceptors (Lipinski definition) is 3. The summed E-state index contributed by atoms with van der Waals surface area (Å²) in [5.74, 6) is 0. The van der Waals surface area contributed by atoms with Crippen LogP contribution in [0.5, 0.6) is 0 Å². The first kappa shape index (κ1) is 17.9. The van der Waals surface area contributed by atoms with Crippen molar-refractivity contribution in [3.05, 3.63) is 41.3 Å². The zero-order valence-electron chi connectivity index (χ0n) is 15.5. The third-order valence-electron chi connectivity index (χ3n) is 5.34. The minimum absolute atomic E-state index is 0.253. The quantitative estimate of drug-likeness (QED) is 0.740. The number of aromatic nitrogens is 3. The van der Waals surface area contributed by atoms with E-state index in [0.717, 1.165) is 10.9 Å². The molecule has 1 aromatic carbocycles. The number of hydrogen-bond donors (Lipinski definition) is 1. The highest BCUT2D eigenvalue weighted by Crippen LogP contribution is 2.37. The molecule has 0 fully saturated rings. The Balaban J connectivity index is 1.90. The zero-order valence-corrected chi connectivity index (χ0v) is 15.5. The number of aryl methyl sites for hydroxylation is 1. The van der Waals surface area contributed by atoms with Gasteiger partial charge in [-0.25, -0.2) is 4.68 Å². The van der Waals surface area contributed by atoms with Crippen LogP contribution in [0.1, 0.15) is 30.8 Å². The molecule has 3 heterocycles. The summed E-state index contributed by atoms with van der Waals surface area (Å²) >= 11 is 0. The van der Waals surface area contributed by atoms with Gasteiger partial charge in [-0.1, -0.05) is 0 Å². The van der Waals surface area contributed by atoms with Crippen LogP contribution in [-0.4, -0.2) is 31.8 Å². The molecule has 0 amide bonds. The maximum Gasteiger partial charge on any atom is 0.435 e. The van der Waals surface area contributed by atoms with E-state index in [4.69, 9.17) is 5.73 Å². The molecule has 4 rings (SSSR count). The summed E-state index contributed by atoms with van der Waals surface area (Å²) in [5, 5.41) is 4.80. The number of nitrogens with zero attached hydrogens (tertiary/aromatic N) is 4. The first-order valence-corrected chi connectivity index (χ1v) is 8.93. The van der Waals surface area contributed by atoms with E-state index < -0.39 is 11.9 Å². The minimum Gasteiger partial charge on any atom is -0.397 e. The Hall–Kier alpha value is -2.48. The van der Waals surface area contributed by atoms with Gasteiger partial charge in [0.2, 0.25) is 0 Å². The summed E-state index contributed by atoms with van der Waals surface area (Å²) in [7, 11) is 1.89. The summed E-state index contributed by atoms with van der Waals surface area (Å²) in [6, 6.07) is 5.73. The van der Waals surface area contributed by atoms with Crippen molar-refractivity contribution in [2.45, 2.75) is 39.0 Å². The molecule has 0 aliphatic carbocycles. The van der Waals surface area contributed by atoms with Crippen LogP contribution in [0.15, 0.2) is 24.4 Å². The summed E-state index contributed by atoms with van der Waals surface area (Å²) in [5.41, 5.74) is 8.31. The smallest absolute Gasteiger partial charge is 0.397 e. The van der Waals surface area contributed by atoms with Gasteiger partial charge in [0.1, 0.15) is 0 Å². The van der Waals surface area contributed by atoms with Crippen LogP contribution in [0.4, 0.5) is 18.9 Å². The van der Waals surface area contributed by atoms with Crippen molar-refractivity contribution in [2.24, 2.45) is 7.05 Å². The predicted octanol–water partition coefficient (Wildman–Crippen LogP) is 3.73. The summed E-state index contributed by atoms with van der Waals surface area (Å²) < 4.78 is 44.0. The van der Waals surface area contributed by atoms with Crippen LogP contribution in [0.3, 0.4) is 0 Å². The van der Waals surface area contributed by atoms with E-state index in [9.17, 15) is 13.2 Å². The number of anilines is 1. The molecule has 2 aromatic heterocycles. The second-order valence-corrected chi connectivity index (χ2v) is 7.39. The van der Waals surface area contributed by atoms with Gasteiger partial charge in [-0.3, -0.25) is 4.90 Å². The Bertz CT molecular complexity index is 1010. The van der Waals surface area contributed by atoms with Gasteiger partial charge in [0.05, 0.1) is 22.6 Å². The number of fused-ring (bicyclic) bond motifs is 2. The van der Waals surface area contributed by atoms with Crippen molar-refractivity contribution >= 4 is 16.6 Å². The number of nitrogen functional groups attached to an aromatic ring is 1. The predicted molar refractivity (Wildman–Crippen MR) is 98.7 cm³/mol. The average Bonchev–Trinajstić information content (AvgIpc) is 3.12.